The molecule has 6 heteroatoms. The maximum Gasteiger partial charge on any atom is 0.252 e. The summed E-state index contributed by atoms with van der Waals surface area (Å²) in [5.41, 5.74) is 3.03. The number of piperidine rings is 1. The molecule has 148 valence electrons. The highest BCUT2D eigenvalue weighted by Gasteiger charge is 2.40. The van der Waals surface area contributed by atoms with Crippen molar-refractivity contribution in [2.45, 2.75) is 51.4 Å². The first-order chi connectivity index (χ1) is 13.5. The minimum absolute atomic E-state index is 0.00886. The van der Waals surface area contributed by atoms with E-state index in [0.29, 0.717) is 36.2 Å². The fourth-order valence-electron chi connectivity index (χ4n) is 4.58. The Hall–Kier alpha value is -1.95. The Morgan fingerprint density at radius 1 is 1.18 bits per heavy atom. The van der Waals surface area contributed by atoms with Crippen molar-refractivity contribution in [3.8, 4) is 0 Å². The highest BCUT2D eigenvalue weighted by molar-refractivity contribution is 9.10. The van der Waals surface area contributed by atoms with Gasteiger partial charge in [0.25, 0.3) is 5.91 Å². The van der Waals surface area contributed by atoms with Crippen molar-refractivity contribution in [1.82, 2.24) is 10.2 Å². The number of carbonyl (C=O) groups excluding carboxylic acids is 2. The SMILES string of the molecule is CC1=C(C(=O)N2CCCCC2)C(c2cc(Br)ccc2F)C2=C(CCCC2=O)N1. The Labute approximate surface area is 173 Å². The molecular weight excluding hydrogens is 423 g/mol. The Morgan fingerprint density at radius 2 is 1.93 bits per heavy atom. The zero-order valence-electron chi connectivity index (χ0n) is 16.0. The summed E-state index contributed by atoms with van der Waals surface area (Å²) in [6, 6.07) is 4.74. The molecular formula is C22H24BrFN2O2. The predicted molar refractivity (Wildman–Crippen MR) is 109 cm³/mol. The van der Waals surface area contributed by atoms with Gasteiger partial charge in [0.2, 0.25) is 0 Å². The second-order valence-electron chi connectivity index (χ2n) is 7.78. The Balaban J connectivity index is 1.86. The monoisotopic (exact) mass is 446 g/mol. The molecule has 1 N–H and O–H groups in total. The molecule has 2 heterocycles. The molecule has 0 bridgehead atoms. The molecule has 2 aliphatic heterocycles. The van der Waals surface area contributed by atoms with Crippen LogP contribution < -0.4 is 5.32 Å². The van der Waals surface area contributed by atoms with Crippen LogP contribution in [-0.4, -0.2) is 29.7 Å². The Morgan fingerprint density at radius 3 is 2.68 bits per heavy atom. The van der Waals surface area contributed by atoms with Crippen molar-refractivity contribution >= 4 is 27.6 Å². The number of halogens is 2. The number of benzene rings is 1. The molecule has 1 amide bonds. The van der Waals surface area contributed by atoms with Gasteiger partial charge >= 0.3 is 0 Å². The summed E-state index contributed by atoms with van der Waals surface area (Å²) < 4.78 is 15.7. The van der Waals surface area contributed by atoms with E-state index in [1.165, 1.54) is 6.07 Å². The fourth-order valence-corrected chi connectivity index (χ4v) is 4.96. The average Bonchev–Trinajstić information content (AvgIpc) is 2.69. The molecule has 1 saturated heterocycles. The summed E-state index contributed by atoms with van der Waals surface area (Å²) >= 11 is 3.42. The predicted octanol–water partition coefficient (Wildman–Crippen LogP) is 4.57. The third kappa shape index (κ3) is 3.43. The van der Waals surface area contributed by atoms with Gasteiger partial charge in [0.05, 0.1) is 0 Å². The molecule has 1 aromatic carbocycles. The highest BCUT2D eigenvalue weighted by Crippen LogP contribution is 2.44. The molecule has 1 fully saturated rings. The lowest BCUT2D eigenvalue weighted by Crippen LogP contribution is -2.42. The number of nitrogens with zero attached hydrogens (tertiary/aromatic N) is 1. The number of Topliss-reactive ketones (excluding diaryl/α,β-unsaturated/α-hetero) is 1. The first kappa shape index (κ1) is 19.4. The van der Waals surface area contributed by atoms with Gasteiger partial charge in [-0.15, -0.1) is 0 Å². The summed E-state index contributed by atoms with van der Waals surface area (Å²) in [6.45, 7) is 3.29. The Bertz CT molecular complexity index is 900. The summed E-state index contributed by atoms with van der Waals surface area (Å²) in [5.74, 6) is -1.12. The summed E-state index contributed by atoms with van der Waals surface area (Å²) in [6.07, 6.45) is 5.05. The van der Waals surface area contributed by atoms with Crippen LogP contribution >= 0.6 is 15.9 Å². The van der Waals surface area contributed by atoms with Crippen LogP contribution in [0.2, 0.25) is 0 Å². The molecule has 4 nitrogen and oxygen atoms in total. The smallest absolute Gasteiger partial charge is 0.252 e. The summed E-state index contributed by atoms with van der Waals surface area (Å²) in [7, 11) is 0. The van der Waals surface area contributed by atoms with Gasteiger partial charge in [-0.25, -0.2) is 4.39 Å². The van der Waals surface area contributed by atoms with Gasteiger partial charge in [0.15, 0.2) is 5.78 Å². The van der Waals surface area contributed by atoms with Crippen LogP contribution in [0.15, 0.2) is 45.2 Å². The van der Waals surface area contributed by atoms with Gasteiger partial charge in [-0.3, -0.25) is 9.59 Å². The van der Waals surface area contributed by atoms with E-state index in [2.05, 4.69) is 21.2 Å². The topological polar surface area (TPSA) is 49.4 Å². The quantitative estimate of drug-likeness (QED) is 0.723. The van der Waals surface area contributed by atoms with Gasteiger partial charge in [-0.2, -0.15) is 0 Å². The van der Waals surface area contributed by atoms with Gasteiger partial charge < -0.3 is 10.2 Å². The van der Waals surface area contributed by atoms with Crippen LogP contribution in [0.25, 0.3) is 0 Å². The van der Waals surface area contributed by atoms with E-state index in [-0.39, 0.29) is 11.7 Å². The van der Waals surface area contributed by atoms with Crippen LogP contribution in [0.4, 0.5) is 4.39 Å². The van der Waals surface area contributed by atoms with Gasteiger partial charge in [-0.1, -0.05) is 15.9 Å². The van der Waals surface area contributed by atoms with E-state index in [1.54, 1.807) is 12.1 Å². The lowest BCUT2D eigenvalue weighted by atomic mass is 9.74. The first-order valence-corrected chi connectivity index (χ1v) is 10.7. The van der Waals surface area contributed by atoms with Crippen LogP contribution in [0.3, 0.4) is 0 Å². The number of dihydropyridines is 1. The van der Waals surface area contributed by atoms with Crippen molar-refractivity contribution in [3.05, 3.63) is 56.6 Å². The molecule has 4 rings (SSSR count). The largest absolute Gasteiger partial charge is 0.362 e. The van der Waals surface area contributed by atoms with E-state index >= 15 is 0 Å². The minimum Gasteiger partial charge on any atom is -0.362 e. The van der Waals surface area contributed by atoms with E-state index in [9.17, 15) is 14.0 Å². The molecule has 3 aliphatic rings. The molecule has 1 aromatic rings. The normalized spacial score (nSPS) is 22.9. The minimum atomic E-state index is -0.657. The molecule has 0 radical (unpaired) electrons. The van der Waals surface area contributed by atoms with Crippen LogP contribution in [-0.2, 0) is 9.59 Å². The van der Waals surface area contributed by atoms with Crippen molar-refractivity contribution in [2.75, 3.05) is 13.1 Å². The number of carbonyl (C=O) groups is 2. The maximum atomic E-state index is 14.9. The first-order valence-electron chi connectivity index (χ1n) is 9.95. The molecule has 1 atom stereocenters. The van der Waals surface area contributed by atoms with Gasteiger partial charge in [0, 0.05) is 58.0 Å². The van der Waals surface area contributed by atoms with Gasteiger partial charge in [-0.05, 0) is 57.2 Å². The summed E-state index contributed by atoms with van der Waals surface area (Å²) in [5, 5.41) is 3.31. The number of rotatable bonds is 2. The fraction of sp³-hybridized carbons (Fsp3) is 0.455. The zero-order chi connectivity index (χ0) is 19.8. The highest BCUT2D eigenvalue weighted by atomic mass is 79.9. The van der Waals surface area contributed by atoms with Crippen molar-refractivity contribution in [1.29, 1.82) is 0 Å². The van der Waals surface area contributed by atoms with Crippen molar-refractivity contribution < 1.29 is 14.0 Å². The number of hydrogen-bond acceptors (Lipinski definition) is 3. The van der Waals surface area contributed by atoms with Crippen LogP contribution in [0.5, 0.6) is 0 Å². The summed E-state index contributed by atoms with van der Waals surface area (Å²) in [4.78, 5) is 28.2. The molecule has 0 aromatic heterocycles. The lowest BCUT2D eigenvalue weighted by Gasteiger charge is -2.37. The third-order valence-electron chi connectivity index (χ3n) is 5.92. The standard InChI is InChI=1S/C22H24BrFN2O2/c1-13-19(22(28)26-10-3-2-4-11-26)20(15-12-14(23)8-9-16(15)24)21-17(25-13)6-5-7-18(21)27/h8-9,12,20,25H,2-7,10-11H2,1H3. The second kappa shape index (κ2) is 7.82. The van der Waals surface area contributed by atoms with Gasteiger partial charge in [0.1, 0.15) is 5.82 Å². The average molecular weight is 447 g/mol. The number of allylic oxidation sites excluding steroid dienone is 3. The van der Waals surface area contributed by atoms with E-state index in [4.69, 9.17) is 0 Å². The molecule has 1 unspecified atom stereocenters. The number of likely N-dealkylation sites (tertiary alicyclic amines) is 1. The van der Waals surface area contributed by atoms with E-state index in [0.717, 1.165) is 48.0 Å². The van der Waals surface area contributed by atoms with E-state index in [1.807, 2.05) is 11.8 Å². The third-order valence-corrected chi connectivity index (χ3v) is 6.41. The number of hydrogen-bond donors (Lipinski definition) is 1. The van der Waals surface area contributed by atoms with E-state index < -0.39 is 11.7 Å². The number of amides is 1. The zero-order valence-corrected chi connectivity index (χ0v) is 17.6. The van der Waals surface area contributed by atoms with Crippen molar-refractivity contribution in [2.24, 2.45) is 0 Å². The lowest BCUT2D eigenvalue weighted by molar-refractivity contribution is -0.128. The van der Waals surface area contributed by atoms with Crippen LogP contribution in [0, 0.1) is 5.82 Å². The molecule has 0 spiro atoms. The number of nitrogens with one attached hydrogen (secondary N) is 1. The Kier molecular flexibility index (Phi) is 5.41. The van der Waals surface area contributed by atoms with Crippen LogP contribution in [0.1, 0.15) is 56.9 Å². The molecule has 28 heavy (non-hydrogen) atoms. The molecule has 1 aliphatic carbocycles. The second-order valence-corrected chi connectivity index (χ2v) is 8.70. The van der Waals surface area contributed by atoms with Crippen molar-refractivity contribution in [3.63, 3.8) is 0 Å². The maximum absolute atomic E-state index is 14.9. The molecule has 0 saturated carbocycles. The number of ketones is 1.